The van der Waals surface area contributed by atoms with Crippen molar-refractivity contribution in [2.24, 2.45) is 0 Å². The summed E-state index contributed by atoms with van der Waals surface area (Å²) in [5.74, 6) is 0.414. The van der Waals surface area contributed by atoms with Gasteiger partial charge in [-0.3, -0.25) is 4.98 Å². The van der Waals surface area contributed by atoms with Gasteiger partial charge in [0.25, 0.3) is 0 Å². The Morgan fingerprint density at radius 2 is 2.00 bits per heavy atom. The van der Waals surface area contributed by atoms with Gasteiger partial charge < -0.3 is 10.7 Å². The van der Waals surface area contributed by atoms with E-state index < -0.39 is 0 Å². The molecule has 0 aliphatic carbocycles. The predicted molar refractivity (Wildman–Crippen MR) is 65.0 cm³/mol. The van der Waals surface area contributed by atoms with Gasteiger partial charge in [0.1, 0.15) is 0 Å². The van der Waals surface area contributed by atoms with Crippen molar-refractivity contribution in [1.82, 2.24) is 4.98 Å². The van der Waals surface area contributed by atoms with E-state index in [1.807, 2.05) is 6.07 Å². The van der Waals surface area contributed by atoms with Crippen molar-refractivity contribution in [3.8, 4) is 0 Å². The van der Waals surface area contributed by atoms with E-state index in [1.54, 1.807) is 6.20 Å². The second-order valence-corrected chi connectivity index (χ2v) is 4.29. The second-order valence-electron chi connectivity index (χ2n) is 4.29. The number of nitrogens with one attached hydrogen (secondary N) is 2. The summed E-state index contributed by atoms with van der Waals surface area (Å²) in [4.78, 5) is 4.33. The van der Waals surface area contributed by atoms with E-state index in [9.17, 15) is 0 Å². The smallest absolute Gasteiger partial charge is 0.0465 e. The van der Waals surface area contributed by atoms with E-state index in [0.717, 1.165) is 16.9 Å². The zero-order valence-corrected chi connectivity index (χ0v) is 9.83. The standard InChI is InChI=1S/C12H19N3/c1-8(2)11-5-12(15-9(3)4)10(6-13)7-14-11/h5-9,13H,1-4H3,(H,14,15). The Bertz CT molecular complexity index is 343. The summed E-state index contributed by atoms with van der Waals surface area (Å²) in [6, 6.07) is 2.40. The lowest BCUT2D eigenvalue weighted by Gasteiger charge is -2.14. The highest BCUT2D eigenvalue weighted by atomic mass is 14.9. The number of pyridine rings is 1. The van der Waals surface area contributed by atoms with Crippen LogP contribution in [0.3, 0.4) is 0 Å². The molecule has 0 aliphatic rings. The molecule has 0 atom stereocenters. The number of aromatic nitrogens is 1. The fourth-order valence-electron chi connectivity index (χ4n) is 1.35. The van der Waals surface area contributed by atoms with Gasteiger partial charge in [-0.25, -0.2) is 0 Å². The van der Waals surface area contributed by atoms with Crippen LogP contribution in [0.2, 0.25) is 0 Å². The summed E-state index contributed by atoms with van der Waals surface area (Å²) in [6.45, 7) is 8.41. The van der Waals surface area contributed by atoms with E-state index >= 15 is 0 Å². The van der Waals surface area contributed by atoms with Gasteiger partial charge in [-0.05, 0) is 25.8 Å². The van der Waals surface area contributed by atoms with Gasteiger partial charge in [-0.2, -0.15) is 0 Å². The summed E-state index contributed by atoms with van der Waals surface area (Å²) in [6.07, 6.45) is 3.09. The first kappa shape index (κ1) is 11.7. The summed E-state index contributed by atoms with van der Waals surface area (Å²) in [5.41, 5.74) is 2.90. The Kier molecular flexibility index (Phi) is 3.83. The molecule has 1 heterocycles. The Hall–Kier alpha value is -1.38. The third-order valence-electron chi connectivity index (χ3n) is 2.15. The lowest BCUT2D eigenvalue weighted by Crippen LogP contribution is -2.12. The van der Waals surface area contributed by atoms with Crippen molar-refractivity contribution in [3.63, 3.8) is 0 Å². The lowest BCUT2D eigenvalue weighted by molar-refractivity contribution is 0.819. The normalized spacial score (nSPS) is 10.8. The molecule has 0 radical (unpaired) electrons. The number of anilines is 1. The highest BCUT2D eigenvalue weighted by Crippen LogP contribution is 2.19. The third kappa shape index (κ3) is 3.05. The van der Waals surface area contributed by atoms with Crippen molar-refractivity contribution in [2.45, 2.75) is 39.7 Å². The van der Waals surface area contributed by atoms with Gasteiger partial charge in [0.15, 0.2) is 0 Å². The van der Waals surface area contributed by atoms with Crippen LogP contribution in [-0.4, -0.2) is 17.2 Å². The Morgan fingerprint density at radius 1 is 1.33 bits per heavy atom. The topological polar surface area (TPSA) is 48.8 Å². The fourth-order valence-corrected chi connectivity index (χ4v) is 1.35. The van der Waals surface area contributed by atoms with Crippen LogP contribution in [0.4, 0.5) is 5.69 Å². The molecular weight excluding hydrogens is 186 g/mol. The molecule has 0 spiro atoms. The molecule has 3 nitrogen and oxygen atoms in total. The quantitative estimate of drug-likeness (QED) is 0.742. The van der Waals surface area contributed by atoms with Crippen molar-refractivity contribution < 1.29 is 0 Å². The lowest BCUT2D eigenvalue weighted by atomic mass is 10.1. The van der Waals surface area contributed by atoms with Crippen LogP contribution in [0.1, 0.15) is 44.9 Å². The molecular formula is C12H19N3. The van der Waals surface area contributed by atoms with Crippen molar-refractivity contribution in [2.75, 3.05) is 5.32 Å². The molecule has 0 aromatic carbocycles. The van der Waals surface area contributed by atoms with Crippen LogP contribution in [0.25, 0.3) is 0 Å². The number of rotatable bonds is 4. The number of nitrogens with zero attached hydrogens (tertiary/aromatic N) is 1. The SMILES string of the molecule is CC(C)Nc1cc(C(C)C)ncc1C=N. The van der Waals surface area contributed by atoms with Crippen LogP contribution < -0.4 is 5.32 Å². The highest BCUT2D eigenvalue weighted by Gasteiger charge is 2.06. The largest absolute Gasteiger partial charge is 0.382 e. The molecule has 0 saturated heterocycles. The van der Waals surface area contributed by atoms with E-state index in [-0.39, 0.29) is 0 Å². The molecule has 1 aromatic heterocycles. The van der Waals surface area contributed by atoms with E-state index in [1.165, 1.54) is 6.21 Å². The molecule has 15 heavy (non-hydrogen) atoms. The summed E-state index contributed by atoms with van der Waals surface area (Å²) in [5, 5.41) is 10.6. The van der Waals surface area contributed by atoms with Crippen LogP contribution in [0, 0.1) is 5.41 Å². The van der Waals surface area contributed by atoms with Crippen molar-refractivity contribution in [1.29, 1.82) is 5.41 Å². The molecule has 3 heteroatoms. The van der Waals surface area contributed by atoms with Gasteiger partial charge in [0.2, 0.25) is 0 Å². The minimum absolute atomic E-state index is 0.367. The van der Waals surface area contributed by atoms with Gasteiger partial charge in [0.05, 0.1) is 0 Å². The van der Waals surface area contributed by atoms with Crippen molar-refractivity contribution >= 4 is 11.9 Å². The zero-order valence-electron chi connectivity index (χ0n) is 9.83. The van der Waals surface area contributed by atoms with E-state index in [2.05, 4.69) is 38.0 Å². The van der Waals surface area contributed by atoms with E-state index in [4.69, 9.17) is 5.41 Å². The maximum atomic E-state index is 7.30. The van der Waals surface area contributed by atoms with Crippen molar-refractivity contribution in [3.05, 3.63) is 23.5 Å². The Labute approximate surface area is 91.4 Å². The molecule has 0 aliphatic heterocycles. The van der Waals surface area contributed by atoms with E-state index in [0.29, 0.717) is 12.0 Å². The molecule has 0 fully saturated rings. The molecule has 1 aromatic rings. The first-order chi connectivity index (χ1) is 7.04. The minimum Gasteiger partial charge on any atom is -0.382 e. The van der Waals surface area contributed by atoms with Gasteiger partial charge in [-0.1, -0.05) is 13.8 Å². The minimum atomic E-state index is 0.367. The summed E-state index contributed by atoms with van der Waals surface area (Å²) >= 11 is 0. The molecule has 82 valence electrons. The Balaban J connectivity index is 3.07. The average Bonchev–Trinajstić information content (AvgIpc) is 2.16. The van der Waals surface area contributed by atoms with Gasteiger partial charge in [-0.15, -0.1) is 0 Å². The molecule has 0 unspecified atom stereocenters. The van der Waals surface area contributed by atoms with Crippen LogP contribution in [-0.2, 0) is 0 Å². The fraction of sp³-hybridized carbons (Fsp3) is 0.500. The third-order valence-corrected chi connectivity index (χ3v) is 2.15. The first-order valence-corrected chi connectivity index (χ1v) is 5.31. The summed E-state index contributed by atoms with van der Waals surface area (Å²) in [7, 11) is 0. The predicted octanol–water partition coefficient (Wildman–Crippen LogP) is 3.02. The molecule has 1 rings (SSSR count). The zero-order chi connectivity index (χ0) is 11.4. The number of hydrogen-bond acceptors (Lipinski definition) is 3. The average molecular weight is 205 g/mol. The summed E-state index contributed by atoms with van der Waals surface area (Å²) < 4.78 is 0. The molecule has 0 bridgehead atoms. The maximum absolute atomic E-state index is 7.30. The van der Waals surface area contributed by atoms with Crippen LogP contribution in [0.5, 0.6) is 0 Å². The molecule has 2 N–H and O–H groups in total. The Morgan fingerprint density at radius 3 is 2.47 bits per heavy atom. The number of hydrogen-bond donors (Lipinski definition) is 2. The maximum Gasteiger partial charge on any atom is 0.0465 e. The monoisotopic (exact) mass is 205 g/mol. The second kappa shape index (κ2) is 4.91. The highest BCUT2D eigenvalue weighted by molar-refractivity contribution is 5.85. The molecule has 0 amide bonds. The van der Waals surface area contributed by atoms with Gasteiger partial charge >= 0.3 is 0 Å². The van der Waals surface area contributed by atoms with Gasteiger partial charge in [0, 0.05) is 35.4 Å². The van der Waals surface area contributed by atoms with Crippen LogP contribution >= 0.6 is 0 Å². The van der Waals surface area contributed by atoms with Crippen LogP contribution in [0.15, 0.2) is 12.3 Å². The molecule has 0 saturated carbocycles. The first-order valence-electron chi connectivity index (χ1n) is 5.31.